The lowest BCUT2D eigenvalue weighted by atomic mass is 9.45. The van der Waals surface area contributed by atoms with Crippen LogP contribution in [0.2, 0.25) is 0 Å². The average molecular weight is 164 g/mol. The number of rotatable bonds is 1. The van der Waals surface area contributed by atoms with Gasteiger partial charge in [-0.25, -0.2) is 0 Å². The SMILES string of the molecule is CC[C@@]12C[C@@H]1C[C@@H]1C[C@H]2C1(C)C. The molecule has 4 atom stereocenters. The van der Waals surface area contributed by atoms with E-state index in [-0.39, 0.29) is 0 Å². The summed E-state index contributed by atoms with van der Waals surface area (Å²) in [6, 6.07) is 0. The summed E-state index contributed by atoms with van der Waals surface area (Å²) in [5.41, 5.74) is 1.56. The Labute approximate surface area is 75.7 Å². The van der Waals surface area contributed by atoms with Gasteiger partial charge in [-0.15, -0.1) is 0 Å². The monoisotopic (exact) mass is 164 g/mol. The molecule has 4 saturated carbocycles. The van der Waals surface area contributed by atoms with Gasteiger partial charge in [-0.3, -0.25) is 0 Å². The third-order valence-electron chi connectivity index (χ3n) is 5.67. The van der Waals surface area contributed by atoms with E-state index in [1.54, 1.807) is 19.3 Å². The van der Waals surface area contributed by atoms with Gasteiger partial charge in [-0.2, -0.15) is 0 Å². The fourth-order valence-corrected chi connectivity index (χ4v) is 4.56. The predicted octanol–water partition coefficient (Wildman–Crippen LogP) is 3.47. The van der Waals surface area contributed by atoms with Gasteiger partial charge in [0.2, 0.25) is 0 Å². The number of hydrogen-bond acceptors (Lipinski definition) is 0. The van der Waals surface area contributed by atoms with E-state index in [4.69, 9.17) is 0 Å². The highest BCUT2D eigenvalue weighted by Gasteiger charge is 2.71. The first-order valence-corrected chi connectivity index (χ1v) is 5.61. The molecule has 0 aromatic carbocycles. The Kier molecular flexibility index (Phi) is 1.09. The molecule has 0 aliphatic heterocycles. The second-order valence-electron chi connectivity index (χ2n) is 6.03. The molecule has 4 aliphatic carbocycles. The first-order chi connectivity index (χ1) is 5.61. The second kappa shape index (κ2) is 1.76. The summed E-state index contributed by atoms with van der Waals surface area (Å²) in [6.07, 6.45) is 6.17. The minimum atomic E-state index is 0.711. The van der Waals surface area contributed by atoms with Crippen LogP contribution in [0.4, 0.5) is 0 Å². The lowest BCUT2D eigenvalue weighted by Crippen LogP contribution is -2.53. The van der Waals surface area contributed by atoms with Gasteiger partial charge in [0.1, 0.15) is 0 Å². The Hall–Kier alpha value is 0. The van der Waals surface area contributed by atoms with Crippen LogP contribution in [-0.2, 0) is 0 Å². The zero-order valence-corrected chi connectivity index (χ0v) is 8.56. The van der Waals surface area contributed by atoms with Crippen molar-refractivity contribution in [2.24, 2.45) is 28.6 Å². The molecule has 0 heteroatoms. The van der Waals surface area contributed by atoms with Crippen molar-refractivity contribution in [2.75, 3.05) is 0 Å². The molecule has 0 nitrogen and oxygen atoms in total. The second-order valence-corrected chi connectivity index (χ2v) is 6.03. The van der Waals surface area contributed by atoms with Crippen LogP contribution in [0.3, 0.4) is 0 Å². The Bertz CT molecular complexity index is 228. The fraction of sp³-hybridized carbons (Fsp3) is 1.00. The molecule has 0 aromatic heterocycles. The zero-order chi connectivity index (χ0) is 8.56. The quantitative estimate of drug-likeness (QED) is 0.556. The van der Waals surface area contributed by atoms with Gasteiger partial charge >= 0.3 is 0 Å². The van der Waals surface area contributed by atoms with Crippen molar-refractivity contribution < 1.29 is 0 Å². The van der Waals surface area contributed by atoms with E-state index < -0.39 is 0 Å². The van der Waals surface area contributed by atoms with Crippen LogP contribution in [0.1, 0.15) is 46.5 Å². The molecule has 4 fully saturated rings. The van der Waals surface area contributed by atoms with Gasteiger partial charge in [-0.05, 0) is 54.3 Å². The first-order valence-electron chi connectivity index (χ1n) is 5.61. The Morgan fingerprint density at radius 3 is 2.42 bits per heavy atom. The van der Waals surface area contributed by atoms with E-state index in [0.717, 1.165) is 23.2 Å². The molecular formula is C12H20. The van der Waals surface area contributed by atoms with Crippen molar-refractivity contribution >= 4 is 0 Å². The van der Waals surface area contributed by atoms with Gasteiger partial charge in [-0.1, -0.05) is 20.8 Å². The van der Waals surface area contributed by atoms with Gasteiger partial charge in [0, 0.05) is 0 Å². The lowest BCUT2D eigenvalue weighted by Gasteiger charge is -2.60. The molecular weight excluding hydrogens is 144 g/mol. The molecule has 0 amide bonds. The van der Waals surface area contributed by atoms with Crippen LogP contribution in [0.25, 0.3) is 0 Å². The minimum Gasteiger partial charge on any atom is -0.0648 e. The lowest BCUT2D eigenvalue weighted by molar-refractivity contribution is -0.113. The molecule has 0 aromatic rings. The summed E-state index contributed by atoms with van der Waals surface area (Å²) in [5, 5.41) is 0. The normalized spacial score (nSPS) is 58.8. The van der Waals surface area contributed by atoms with Crippen molar-refractivity contribution in [1.29, 1.82) is 0 Å². The van der Waals surface area contributed by atoms with Gasteiger partial charge in [0.05, 0.1) is 0 Å². The summed E-state index contributed by atoms with van der Waals surface area (Å²) >= 11 is 0. The molecule has 2 bridgehead atoms. The number of hydrogen-bond donors (Lipinski definition) is 0. The third-order valence-corrected chi connectivity index (χ3v) is 5.67. The summed E-state index contributed by atoms with van der Waals surface area (Å²) in [5.74, 6) is 3.34. The van der Waals surface area contributed by atoms with Crippen LogP contribution in [-0.4, -0.2) is 0 Å². The van der Waals surface area contributed by atoms with E-state index in [1.165, 1.54) is 6.42 Å². The van der Waals surface area contributed by atoms with E-state index in [9.17, 15) is 0 Å². The van der Waals surface area contributed by atoms with E-state index in [0.29, 0.717) is 5.41 Å². The van der Waals surface area contributed by atoms with Crippen LogP contribution in [0.15, 0.2) is 0 Å². The molecule has 0 heterocycles. The van der Waals surface area contributed by atoms with Crippen LogP contribution in [0, 0.1) is 28.6 Å². The molecule has 4 rings (SSSR count). The molecule has 0 saturated heterocycles. The van der Waals surface area contributed by atoms with Crippen molar-refractivity contribution in [1.82, 2.24) is 0 Å². The van der Waals surface area contributed by atoms with Crippen molar-refractivity contribution in [3.63, 3.8) is 0 Å². The fourth-order valence-electron chi connectivity index (χ4n) is 4.56. The van der Waals surface area contributed by atoms with Crippen molar-refractivity contribution in [2.45, 2.75) is 46.5 Å². The van der Waals surface area contributed by atoms with Gasteiger partial charge in [0.25, 0.3) is 0 Å². The Morgan fingerprint density at radius 2 is 1.92 bits per heavy atom. The summed E-state index contributed by atoms with van der Waals surface area (Å²) in [7, 11) is 0. The van der Waals surface area contributed by atoms with E-state index >= 15 is 0 Å². The summed E-state index contributed by atoms with van der Waals surface area (Å²) in [4.78, 5) is 0. The predicted molar refractivity (Wildman–Crippen MR) is 50.8 cm³/mol. The van der Waals surface area contributed by atoms with Crippen LogP contribution >= 0.6 is 0 Å². The Balaban J connectivity index is 1.94. The molecule has 0 radical (unpaired) electrons. The van der Waals surface area contributed by atoms with Gasteiger partial charge < -0.3 is 0 Å². The van der Waals surface area contributed by atoms with Crippen molar-refractivity contribution in [3.05, 3.63) is 0 Å². The molecule has 0 unspecified atom stereocenters. The molecule has 0 spiro atoms. The van der Waals surface area contributed by atoms with Gasteiger partial charge in [0.15, 0.2) is 0 Å². The van der Waals surface area contributed by atoms with E-state index in [1.807, 2.05) is 0 Å². The summed E-state index contributed by atoms with van der Waals surface area (Å²) in [6.45, 7) is 7.43. The largest absolute Gasteiger partial charge is 0.0648 e. The van der Waals surface area contributed by atoms with Crippen LogP contribution < -0.4 is 0 Å². The average Bonchev–Trinajstić information content (AvgIpc) is 2.77. The highest BCUT2D eigenvalue weighted by atomic mass is 14.8. The molecule has 12 heavy (non-hydrogen) atoms. The molecule has 4 aliphatic rings. The maximum absolute atomic E-state index is 2.51. The maximum atomic E-state index is 2.51. The first kappa shape index (κ1) is 7.41. The zero-order valence-electron chi connectivity index (χ0n) is 8.56. The van der Waals surface area contributed by atoms with Crippen molar-refractivity contribution in [3.8, 4) is 0 Å². The highest BCUT2D eigenvalue weighted by Crippen LogP contribution is 2.79. The summed E-state index contributed by atoms with van der Waals surface area (Å²) < 4.78 is 0. The van der Waals surface area contributed by atoms with E-state index in [2.05, 4.69) is 20.8 Å². The smallest absolute Gasteiger partial charge is 0.0235 e. The minimum absolute atomic E-state index is 0.711. The molecule has 0 N–H and O–H groups in total. The Morgan fingerprint density at radius 1 is 1.17 bits per heavy atom. The maximum Gasteiger partial charge on any atom is -0.0235 e. The standard InChI is InChI=1S/C12H20/c1-4-12-7-9(12)5-8-6-10(12)11(8,2)3/h8-10H,4-7H2,1-3H3/t8-,9+,10+,12-/m1/s1. The molecule has 68 valence electrons. The topological polar surface area (TPSA) is 0 Å². The third kappa shape index (κ3) is 0.561. The van der Waals surface area contributed by atoms with Crippen LogP contribution in [0.5, 0.6) is 0 Å². The highest BCUT2D eigenvalue weighted by molar-refractivity contribution is 5.20.